The highest BCUT2D eigenvalue weighted by molar-refractivity contribution is 4.92. The number of aryl methyl sites for hydroxylation is 1. The van der Waals surface area contributed by atoms with E-state index in [0.29, 0.717) is 19.5 Å². The first-order valence-electron chi connectivity index (χ1n) is 5.61. The minimum absolute atomic E-state index is 0.132. The van der Waals surface area contributed by atoms with Gasteiger partial charge in [0, 0.05) is 32.4 Å². The third kappa shape index (κ3) is 5.22. The van der Waals surface area contributed by atoms with Crippen LogP contribution in [-0.2, 0) is 13.1 Å². The Labute approximate surface area is 100 Å². The van der Waals surface area contributed by atoms with E-state index in [4.69, 9.17) is 10.2 Å². The predicted octanol–water partition coefficient (Wildman–Crippen LogP) is -1.51. The van der Waals surface area contributed by atoms with E-state index in [1.807, 2.05) is 0 Å². The molecule has 0 amide bonds. The first-order chi connectivity index (χ1) is 8.07. The highest BCUT2D eigenvalue weighted by Gasteiger charge is 2.17. The molecule has 1 atom stereocenters. The smallest absolute Gasteiger partial charge is 0.0972 e. The number of aliphatic hydroxyl groups is 3. The molecule has 98 valence electrons. The monoisotopic (exact) mass is 244 g/mol. The number of aliphatic hydroxyl groups excluding tert-OH is 2. The molecule has 0 bridgehead atoms. The molecule has 0 aliphatic heterocycles. The van der Waals surface area contributed by atoms with E-state index in [2.05, 4.69) is 15.6 Å². The van der Waals surface area contributed by atoms with Gasteiger partial charge in [-0.05, 0) is 13.3 Å². The molecule has 17 heavy (non-hydrogen) atoms. The molecule has 0 saturated heterocycles. The van der Waals surface area contributed by atoms with E-state index in [9.17, 15) is 5.11 Å². The van der Waals surface area contributed by atoms with Gasteiger partial charge in [0.25, 0.3) is 0 Å². The molecule has 7 heteroatoms. The molecule has 0 aliphatic rings. The Bertz CT molecular complexity index is 327. The lowest BCUT2D eigenvalue weighted by Crippen LogP contribution is -2.40. The summed E-state index contributed by atoms with van der Waals surface area (Å²) in [6.07, 6.45) is 2.44. The van der Waals surface area contributed by atoms with Gasteiger partial charge in [-0.1, -0.05) is 5.21 Å². The van der Waals surface area contributed by atoms with Crippen LogP contribution in [0.5, 0.6) is 0 Å². The van der Waals surface area contributed by atoms with Crippen molar-refractivity contribution in [1.29, 1.82) is 0 Å². The Morgan fingerprint density at radius 2 is 2.24 bits per heavy atom. The van der Waals surface area contributed by atoms with Crippen LogP contribution < -0.4 is 5.32 Å². The predicted molar refractivity (Wildman–Crippen MR) is 61.1 cm³/mol. The SMILES string of the molecule is CC(O)(CO)CNCc1cn(CCCO)nn1. The minimum atomic E-state index is -1.12. The van der Waals surface area contributed by atoms with E-state index in [-0.39, 0.29) is 19.8 Å². The van der Waals surface area contributed by atoms with Gasteiger partial charge >= 0.3 is 0 Å². The summed E-state index contributed by atoms with van der Waals surface area (Å²) in [6.45, 7) is 2.80. The van der Waals surface area contributed by atoms with E-state index < -0.39 is 5.60 Å². The number of hydrogen-bond acceptors (Lipinski definition) is 6. The second kappa shape index (κ2) is 6.65. The van der Waals surface area contributed by atoms with Crippen LogP contribution in [0.15, 0.2) is 6.20 Å². The lowest BCUT2D eigenvalue weighted by molar-refractivity contribution is 0.00248. The van der Waals surface area contributed by atoms with E-state index >= 15 is 0 Å². The molecular formula is C10H20N4O3. The highest BCUT2D eigenvalue weighted by atomic mass is 16.3. The number of rotatable bonds is 8. The Morgan fingerprint density at radius 3 is 2.88 bits per heavy atom. The van der Waals surface area contributed by atoms with E-state index in [1.54, 1.807) is 17.8 Å². The zero-order valence-electron chi connectivity index (χ0n) is 10.0. The van der Waals surface area contributed by atoms with Crippen LogP contribution in [0.1, 0.15) is 19.0 Å². The van der Waals surface area contributed by atoms with Crippen molar-refractivity contribution in [3.05, 3.63) is 11.9 Å². The minimum Gasteiger partial charge on any atom is -0.396 e. The van der Waals surface area contributed by atoms with Crippen LogP contribution >= 0.6 is 0 Å². The highest BCUT2D eigenvalue weighted by Crippen LogP contribution is 2.00. The molecule has 7 nitrogen and oxygen atoms in total. The number of hydrogen-bond donors (Lipinski definition) is 4. The summed E-state index contributed by atoms with van der Waals surface area (Å²) in [6, 6.07) is 0. The maximum absolute atomic E-state index is 9.54. The molecule has 0 radical (unpaired) electrons. The van der Waals surface area contributed by atoms with Crippen LogP contribution in [0, 0.1) is 0 Å². The topological polar surface area (TPSA) is 103 Å². The van der Waals surface area contributed by atoms with Gasteiger partial charge in [-0.2, -0.15) is 0 Å². The molecule has 1 aromatic rings. The maximum atomic E-state index is 9.54. The molecule has 1 unspecified atom stereocenters. The van der Waals surface area contributed by atoms with Gasteiger partial charge in [-0.3, -0.25) is 4.68 Å². The molecule has 0 saturated carbocycles. The molecule has 0 aromatic carbocycles. The standard InChI is InChI=1S/C10H20N4O3/c1-10(17,8-16)7-11-5-9-6-14(13-12-9)3-2-4-15/h6,11,15-17H,2-5,7-8H2,1H3. The lowest BCUT2D eigenvalue weighted by Gasteiger charge is -2.20. The average molecular weight is 244 g/mol. The summed E-state index contributed by atoms with van der Waals surface area (Å²) in [5, 5.41) is 37.9. The van der Waals surface area contributed by atoms with Gasteiger partial charge < -0.3 is 20.6 Å². The zero-order chi connectivity index (χ0) is 12.7. The second-order valence-corrected chi connectivity index (χ2v) is 4.31. The Balaban J connectivity index is 2.30. The van der Waals surface area contributed by atoms with Gasteiger partial charge in [0.2, 0.25) is 0 Å². The van der Waals surface area contributed by atoms with Crippen molar-refractivity contribution in [2.45, 2.75) is 32.0 Å². The first-order valence-corrected chi connectivity index (χ1v) is 5.61. The normalized spacial score (nSPS) is 14.8. The second-order valence-electron chi connectivity index (χ2n) is 4.31. The van der Waals surface area contributed by atoms with Crippen molar-refractivity contribution in [1.82, 2.24) is 20.3 Å². The number of nitrogens with one attached hydrogen (secondary N) is 1. The molecule has 0 spiro atoms. The van der Waals surface area contributed by atoms with Gasteiger partial charge in [-0.15, -0.1) is 5.10 Å². The molecule has 1 heterocycles. The Hall–Kier alpha value is -1.02. The van der Waals surface area contributed by atoms with Crippen LogP contribution in [0.25, 0.3) is 0 Å². The summed E-state index contributed by atoms with van der Waals surface area (Å²) < 4.78 is 1.66. The maximum Gasteiger partial charge on any atom is 0.0972 e. The quantitative estimate of drug-likeness (QED) is 0.443. The van der Waals surface area contributed by atoms with Crippen LogP contribution in [0.3, 0.4) is 0 Å². The largest absolute Gasteiger partial charge is 0.396 e. The van der Waals surface area contributed by atoms with E-state index in [1.165, 1.54) is 0 Å². The number of nitrogens with zero attached hydrogens (tertiary/aromatic N) is 3. The fourth-order valence-electron chi connectivity index (χ4n) is 1.28. The summed E-state index contributed by atoms with van der Waals surface area (Å²) in [7, 11) is 0. The van der Waals surface area contributed by atoms with Gasteiger partial charge in [-0.25, -0.2) is 0 Å². The van der Waals surface area contributed by atoms with Crippen LogP contribution in [0.4, 0.5) is 0 Å². The fourth-order valence-corrected chi connectivity index (χ4v) is 1.28. The summed E-state index contributed by atoms with van der Waals surface area (Å²) in [5.41, 5.74) is -0.357. The zero-order valence-corrected chi connectivity index (χ0v) is 10.0. The average Bonchev–Trinajstić information content (AvgIpc) is 2.74. The van der Waals surface area contributed by atoms with Gasteiger partial charge in [0.1, 0.15) is 0 Å². The molecule has 1 aromatic heterocycles. The Morgan fingerprint density at radius 1 is 1.47 bits per heavy atom. The summed E-state index contributed by atoms with van der Waals surface area (Å²) >= 11 is 0. The van der Waals surface area contributed by atoms with Crippen molar-refractivity contribution in [3.8, 4) is 0 Å². The van der Waals surface area contributed by atoms with Gasteiger partial charge in [0.15, 0.2) is 0 Å². The molecule has 1 rings (SSSR count). The van der Waals surface area contributed by atoms with Crippen molar-refractivity contribution in [3.63, 3.8) is 0 Å². The molecule has 0 fully saturated rings. The molecule has 4 N–H and O–H groups in total. The van der Waals surface area contributed by atoms with Gasteiger partial charge in [0.05, 0.1) is 17.9 Å². The summed E-state index contributed by atoms with van der Waals surface area (Å²) in [5.74, 6) is 0. The van der Waals surface area contributed by atoms with Crippen molar-refractivity contribution < 1.29 is 15.3 Å². The summed E-state index contributed by atoms with van der Waals surface area (Å²) in [4.78, 5) is 0. The fraction of sp³-hybridized carbons (Fsp3) is 0.800. The van der Waals surface area contributed by atoms with Crippen LogP contribution in [0.2, 0.25) is 0 Å². The lowest BCUT2D eigenvalue weighted by atomic mass is 10.1. The third-order valence-corrected chi connectivity index (χ3v) is 2.28. The molecule has 0 aliphatic carbocycles. The van der Waals surface area contributed by atoms with E-state index in [0.717, 1.165) is 5.69 Å². The number of aromatic nitrogens is 3. The van der Waals surface area contributed by atoms with Crippen LogP contribution in [-0.4, -0.2) is 55.7 Å². The molecular weight excluding hydrogens is 224 g/mol. The van der Waals surface area contributed by atoms with Crippen molar-refractivity contribution in [2.24, 2.45) is 0 Å². The first kappa shape index (κ1) is 14.0. The van der Waals surface area contributed by atoms with Crippen molar-refractivity contribution >= 4 is 0 Å². The third-order valence-electron chi connectivity index (χ3n) is 2.28. The van der Waals surface area contributed by atoms with Crippen molar-refractivity contribution in [2.75, 3.05) is 19.8 Å². The Kier molecular flexibility index (Phi) is 5.49.